The molecule has 4 atom stereocenters. The van der Waals surface area contributed by atoms with Crippen LogP contribution in [0.1, 0.15) is 73.1 Å². The summed E-state index contributed by atoms with van der Waals surface area (Å²) in [6, 6.07) is 0. The Bertz CT molecular complexity index is 887. The molecule has 0 aliphatic heterocycles. The fourth-order valence-electron chi connectivity index (χ4n) is 5.76. The molecule has 4 nitrogen and oxygen atoms in total. The van der Waals surface area contributed by atoms with Crippen LogP contribution in [0, 0.1) is 23.2 Å². The lowest BCUT2D eigenvalue weighted by molar-refractivity contribution is 0.0102. The number of allylic oxidation sites excluding steroid dienone is 4. The number of hydrogen-bond donors (Lipinski definition) is 3. The van der Waals surface area contributed by atoms with E-state index in [9.17, 15) is 15.3 Å². The summed E-state index contributed by atoms with van der Waals surface area (Å²) >= 11 is 0. The van der Waals surface area contributed by atoms with Crippen LogP contribution in [0.2, 0.25) is 0 Å². The van der Waals surface area contributed by atoms with E-state index >= 15 is 0 Å². The molecule has 4 heteroatoms. The number of aliphatic hydroxyl groups is 3. The maximum atomic E-state index is 10.1. The molecule has 2 saturated carbocycles. The van der Waals surface area contributed by atoms with Gasteiger partial charge >= 0.3 is 0 Å². The Labute approximate surface area is 193 Å². The van der Waals surface area contributed by atoms with E-state index in [0.29, 0.717) is 18.8 Å². The van der Waals surface area contributed by atoms with Gasteiger partial charge in [-0.05, 0) is 87.9 Å². The Morgan fingerprint density at radius 1 is 1.25 bits per heavy atom. The molecule has 0 saturated heterocycles. The molecule has 2 fully saturated rings. The molecule has 0 spiro atoms. The molecule has 3 N–H and O–H groups in total. The van der Waals surface area contributed by atoms with Gasteiger partial charge in [0, 0.05) is 6.42 Å². The van der Waals surface area contributed by atoms with Gasteiger partial charge in [0.2, 0.25) is 0 Å². The second kappa shape index (κ2) is 9.31. The smallest absolute Gasteiger partial charge is 0.120 e. The van der Waals surface area contributed by atoms with Gasteiger partial charge in [0.1, 0.15) is 12.2 Å². The summed E-state index contributed by atoms with van der Waals surface area (Å²) in [5, 5.41) is 30.0. The zero-order chi connectivity index (χ0) is 23.7. The molecule has 3 aliphatic carbocycles. The lowest BCUT2D eigenvalue weighted by Gasteiger charge is -2.45. The third-order valence-electron chi connectivity index (χ3n) is 7.36. The first kappa shape index (κ1) is 25.0. The summed E-state index contributed by atoms with van der Waals surface area (Å²) in [6.45, 7) is 14.3. The molecule has 0 aromatic carbocycles. The van der Waals surface area contributed by atoms with Gasteiger partial charge in [-0.15, -0.1) is 0 Å². The molecule has 3 aliphatic rings. The maximum absolute atomic E-state index is 10.1. The van der Waals surface area contributed by atoms with Crippen molar-refractivity contribution in [3.8, 4) is 11.8 Å². The maximum Gasteiger partial charge on any atom is 0.120 e. The van der Waals surface area contributed by atoms with Crippen LogP contribution in [0.15, 0.2) is 47.1 Å². The highest BCUT2D eigenvalue weighted by atomic mass is 16.5. The Hall–Kier alpha value is -1.64. The van der Waals surface area contributed by atoms with E-state index in [1.807, 2.05) is 0 Å². The lowest BCUT2D eigenvalue weighted by atomic mass is 9.62. The van der Waals surface area contributed by atoms with Gasteiger partial charge in [-0.3, -0.25) is 0 Å². The predicted octanol–water partition coefficient (Wildman–Crippen LogP) is 4.62. The summed E-state index contributed by atoms with van der Waals surface area (Å²) in [7, 11) is 0. The molecule has 0 heterocycles. The monoisotopic (exact) mass is 440 g/mol. The number of aliphatic hydroxyl groups excluding tert-OH is 2. The first-order valence-corrected chi connectivity index (χ1v) is 11.9. The third kappa shape index (κ3) is 5.46. The molecule has 32 heavy (non-hydrogen) atoms. The van der Waals surface area contributed by atoms with Crippen LogP contribution >= 0.6 is 0 Å². The number of fused-ring (bicyclic) bond motifs is 1. The second-order valence-corrected chi connectivity index (χ2v) is 10.9. The number of ether oxygens (including phenoxy) is 1. The summed E-state index contributed by atoms with van der Waals surface area (Å²) in [5.41, 5.74) is 3.06. The van der Waals surface area contributed by atoms with Crippen LogP contribution in [0.5, 0.6) is 0 Å². The van der Waals surface area contributed by atoms with Gasteiger partial charge in [-0.25, -0.2) is 0 Å². The normalized spacial score (nSPS) is 33.7. The SMILES string of the molecule is C=C1/C(=C\C=C2/CCC[C@]3(C)C(C(C)(C)OCC#CC(C)(C)O)=CC[C@@H]23)C[C@@H](O)C[C@@H]1O. The van der Waals surface area contributed by atoms with Gasteiger partial charge in [-0.1, -0.05) is 49.1 Å². The molecule has 176 valence electrons. The van der Waals surface area contributed by atoms with Crippen molar-refractivity contribution < 1.29 is 20.1 Å². The molecular weight excluding hydrogens is 400 g/mol. The van der Waals surface area contributed by atoms with E-state index in [-0.39, 0.29) is 12.0 Å². The molecule has 0 radical (unpaired) electrons. The van der Waals surface area contributed by atoms with Crippen molar-refractivity contribution >= 4 is 0 Å². The highest BCUT2D eigenvalue weighted by Crippen LogP contribution is 2.57. The largest absolute Gasteiger partial charge is 0.393 e. The molecule has 0 amide bonds. The minimum Gasteiger partial charge on any atom is -0.393 e. The molecular formula is C28H40O4. The van der Waals surface area contributed by atoms with Crippen molar-refractivity contribution in [1.29, 1.82) is 0 Å². The minimum atomic E-state index is -1.01. The van der Waals surface area contributed by atoms with Crippen molar-refractivity contribution in [3.05, 3.63) is 47.1 Å². The predicted molar refractivity (Wildman–Crippen MR) is 129 cm³/mol. The van der Waals surface area contributed by atoms with Gasteiger partial charge < -0.3 is 20.1 Å². The van der Waals surface area contributed by atoms with Crippen molar-refractivity contribution in [3.63, 3.8) is 0 Å². The Kier molecular flexibility index (Phi) is 7.27. The standard InChI is InChI=1S/C28H40O4/c1-19-21(17-22(29)18-24(19)30)11-10-20-9-7-15-28(6)23(20)12-13-25(28)27(4,5)32-16-8-14-26(2,3)31/h10-11,13,22-24,29-31H,1,7,9,12,15-18H2,2-6H3/b20-10+,21-11-/t22-,23+,24+,28+/m1/s1. The fourth-order valence-corrected chi connectivity index (χ4v) is 5.76. The molecule has 0 aromatic rings. The highest BCUT2D eigenvalue weighted by Gasteiger charge is 2.49. The van der Waals surface area contributed by atoms with E-state index < -0.39 is 23.4 Å². The van der Waals surface area contributed by atoms with E-state index in [4.69, 9.17) is 4.74 Å². The van der Waals surface area contributed by atoms with Crippen LogP contribution in [-0.4, -0.2) is 45.3 Å². The average molecular weight is 441 g/mol. The summed E-state index contributed by atoms with van der Waals surface area (Å²) in [6.07, 6.45) is 10.7. The van der Waals surface area contributed by atoms with E-state index in [0.717, 1.165) is 36.8 Å². The summed E-state index contributed by atoms with van der Waals surface area (Å²) < 4.78 is 6.20. The van der Waals surface area contributed by atoms with E-state index in [1.54, 1.807) is 13.8 Å². The Morgan fingerprint density at radius 3 is 2.66 bits per heavy atom. The quantitative estimate of drug-likeness (QED) is 0.441. The molecule has 0 aromatic heterocycles. The van der Waals surface area contributed by atoms with Gasteiger partial charge in [0.15, 0.2) is 0 Å². The van der Waals surface area contributed by atoms with Gasteiger partial charge in [0.05, 0.1) is 17.8 Å². The van der Waals surface area contributed by atoms with Crippen LogP contribution in [-0.2, 0) is 4.74 Å². The van der Waals surface area contributed by atoms with Crippen molar-refractivity contribution in [2.45, 2.75) is 96.6 Å². The van der Waals surface area contributed by atoms with Gasteiger partial charge in [0.25, 0.3) is 0 Å². The zero-order valence-electron chi connectivity index (χ0n) is 20.4. The average Bonchev–Trinajstić information content (AvgIpc) is 3.04. The lowest BCUT2D eigenvalue weighted by Crippen LogP contribution is -2.40. The van der Waals surface area contributed by atoms with Crippen molar-refractivity contribution in [2.24, 2.45) is 11.3 Å². The highest BCUT2D eigenvalue weighted by molar-refractivity contribution is 5.41. The van der Waals surface area contributed by atoms with Crippen LogP contribution in [0.25, 0.3) is 0 Å². The van der Waals surface area contributed by atoms with Crippen molar-refractivity contribution in [2.75, 3.05) is 6.61 Å². The van der Waals surface area contributed by atoms with Crippen molar-refractivity contribution in [1.82, 2.24) is 0 Å². The number of hydrogen-bond acceptors (Lipinski definition) is 4. The zero-order valence-corrected chi connectivity index (χ0v) is 20.4. The third-order valence-corrected chi connectivity index (χ3v) is 7.36. The second-order valence-electron chi connectivity index (χ2n) is 10.9. The summed E-state index contributed by atoms with van der Waals surface area (Å²) in [5.74, 6) is 6.20. The minimum absolute atomic E-state index is 0.0400. The first-order chi connectivity index (χ1) is 14.8. The van der Waals surface area contributed by atoms with E-state index in [2.05, 4.69) is 57.4 Å². The van der Waals surface area contributed by atoms with Gasteiger partial charge in [-0.2, -0.15) is 0 Å². The Balaban J connectivity index is 1.76. The summed E-state index contributed by atoms with van der Waals surface area (Å²) in [4.78, 5) is 0. The van der Waals surface area contributed by atoms with Crippen LogP contribution in [0.3, 0.4) is 0 Å². The molecule has 0 bridgehead atoms. The first-order valence-electron chi connectivity index (χ1n) is 11.9. The Morgan fingerprint density at radius 2 is 1.97 bits per heavy atom. The molecule has 3 rings (SSSR count). The topological polar surface area (TPSA) is 69.9 Å². The fraction of sp³-hybridized carbons (Fsp3) is 0.643. The van der Waals surface area contributed by atoms with E-state index in [1.165, 1.54) is 11.1 Å². The molecule has 0 unspecified atom stereocenters. The van der Waals surface area contributed by atoms with Crippen LogP contribution < -0.4 is 0 Å². The van der Waals surface area contributed by atoms with Crippen LogP contribution in [0.4, 0.5) is 0 Å². The number of rotatable bonds is 4.